The summed E-state index contributed by atoms with van der Waals surface area (Å²) in [6.45, 7) is 0.830. The molecule has 0 aliphatic carbocycles. The van der Waals surface area contributed by atoms with Gasteiger partial charge in [0, 0.05) is 29.7 Å². The average Bonchev–Trinajstić information content (AvgIpc) is 3.25. The third kappa shape index (κ3) is 2.73. The first kappa shape index (κ1) is 17.5. The van der Waals surface area contributed by atoms with Crippen LogP contribution in [0.15, 0.2) is 47.1 Å². The zero-order valence-electron chi connectivity index (χ0n) is 14.3. The van der Waals surface area contributed by atoms with Crippen molar-refractivity contribution in [2.45, 2.75) is 11.4 Å². The summed E-state index contributed by atoms with van der Waals surface area (Å²) in [6, 6.07) is 7.51. The molecule has 0 amide bonds. The molecule has 0 aliphatic rings. The number of nitrogens with zero attached hydrogens (tertiary/aromatic N) is 4. The van der Waals surface area contributed by atoms with E-state index in [9.17, 15) is 8.42 Å². The quantitative estimate of drug-likeness (QED) is 0.508. The maximum absolute atomic E-state index is 13.4. The SMILES string of the molecule is CN(C)CCc1cn(S(=O)(=O)c2c(Cl)nc3sccn23)c2ccccc12. The number of hydrogen-bond donors (Lipinski definition) is 0. The fourth-order valence-electron chi connectivity index (χ4n) is 3.02. The van der Waals surface area contributed by atoms with E-state index in [1.165, 1.54) is 19.7 Å². The molecule has 0 aliphatic heterocycles. The third-order valence-electron chi connectivity index (χ3n) is 4.27. The van der Waals surface area contributed by atoms with E-state index >= 15 is 0 Å². The van der Waals surface area contributed by atoms with Gasteiger partial charge in [-0.25, -0.2) is 8.96 Å². The van der Waals surface area contributed by atoms with Crippen molar-refractivity contribution in [2.24, 2.45) is 0 Å². The Kier molecular flexibility index (Phi) is 4.31. The third-order valence-corrected chi connectivity index (χ3v) is 7.10. The number of benzene rings is 1. The molecule has 6 nitrogen and oxygen atoms in total. The van der Waals surface area contributed by atoms with E-state index in [4.69, 9.17) is 11.6 Å². The van der Waals surface area contributed by atoms with Gasteiger partial charge >= 0.3 is 0 Å². The first-order valence-electron chi connectivity index (χ1n) is 8.00. The Morgan fingerprint density at radius 3 is 2.81 bits per heavy atom. The Balaban J connectivity index is 1.93. The summed E-state index contributed by atoms with van der Waals surface area (Å²) >= 11 is 7.52. The van der Waals surface area contributed by atoms with E-state index < -0.39 is 10.0 Å². The van der Waals surface area contributed by atoms with Crippen LogP contribution in [0.4, 0.5) is 0 Å². The van der Waals surface area contributed by atoms with E-state index in [-0.39, 0.29) is 10.2 Å². The molecule has 3 aromatic heterocycles. The van der Waals surface area contributed by atoms with Crippen LogP contribution in [0.5, 0.6) is 0 Å². The van der Waals surface area contributed by atoms with E-state index in [1.807, 2.05) is 38.4 Å². The Morgan fingerprint density at radius 1 is 1.27 bits per heavy atom. The Morgan fingerprint density at radius 2 is 2.04 bits per heavy atom. The standard InChI is InChI=1S/C17H17ClN4O2S2/c1-20(2)8-7-12-11-22(14-6-4-3-5-13(12)14)26(23,24)16-15(18)19-17-21(16)9-10-25-17/h3-6,9-11H,7-8H2,1-2H3. The van der Waals surface area contributed by atoms with Crippen molar-refractivity contribution in [3.8, 4) is 0 Å². The van der Waals surface area contributed by atoms with Crippen molar-refractivity contribution < 1.29 is 8.42 Å². The smallest absolute Gasteiger partial charge is 0.287 e. The molecule has 0 saturated carbocycles. The second-order valence-electron chi connectivity index (χ2n) is 6.29. The molecular weight excluding hydrogens is 392 g/mol. The van der Waals surface area contributed by atoms with Gasteiger partial charge in [0.25, 0.3) is 10.0 Å². The number of halogens is 1. The summed E-state index contributed by atoms with van der Waals surface area (Å²) in [5, 5.41) is 2.70. The Bertz CT molecular complexity index is 1200. The topological polar surface area (TPSA) is 59.6 Å². The minimum atomic E-state index is -3.89. The van der Waals surface area contributed by atoms with Crippen LogP contribution in [0.3, 0.4) is 0 Å². The minimum absolute atomic E-state index is 0.00432. The highest BCUT2D eigenvalue weighted by molar-refractivity contribution is 7.90. The Labute approximate surface area is 160 Å². The lowest BCUT2D eigenvalue weighted by atomic mass is 10.1. The largest absolute Gasteiger partial charge is 0.309 e. The predicted octanol–water partition coefficient (Wildman–Crippen LogP) is 3.35. The zero-order chi connectivity index (χ0) is 18.5. The van der Waals surface area contributed by atoms with Crippen molar-refractivity contribution in [1.82, 2.24) is 18.3 Å². The molecule has 0 atom stereocenters. The van der Waals surface area contributed by atoms with Crippen LogP contribution in [-0.4, -0.2) is 47.3 Å². The van der Waals surface area contributed by atoms with Crippen molar-refractivity contribution in [3.63, 3.8) is 0 Å². The molecule has 0 bridgehead atoms. The molecule has 136 valence electrons. The van der Waals surface area contributed by atoms with E-state index in [0.29, 0.717) is 10.5 Å². The van der Waals surface area contributed by atoms with Crippen molar-refractivity contribution in [2.75, 3.05) is 20.6 Å². The van der Waals surface area contributed by atoms with Gasteiger partial charge in [0.1, 0.15) is 0 Å². The molecule has 4 rings (SSSR count). The molecule has 4 aromatic rings. The average molecular weight is 409 g/mol. The van der Waals surface area contributed by atoms with Crippen LogP contribution in [0.25, 0.3) is 15.9 Å². The second-order valence-corrected chi connectivity index (χ2v) is 9.25. The molecule has 0 radical (unpaired) electrons. The van der Waals surface area contributed by atoms with Crippen molar-refractivity contribution in [1.29, 1.82) is 0 Å². The number of likely N-dealkylation sites (N-methyl/N-ethyl adjacent to an activating group) is 1. The fraction of sp³-hybridized carbons (Fsp3) is 0.235. The fourth-order valence-corrected chi connectivity index (χ4v) is 5.83. The van der Waals surface area contributed by atoms with Gasteiger partial charge < -0.3 is 4.90 Å². The van der Waals surface area contributed by atoms with E-state index in [2.05, 4.69) is 9.88 Å². The van der Waals surface area contributed by atoms with Gasteiger partial charge in [-0.05, 0) is 32.1 Å². The first-order valence-corrected chi connectivity index (χ1v) is 10.7. The van der Waals surface area contributed by atoms with Gasteiger partial charge in [-0.1, -0.05) is 29.8 Å². The lowest BCUT2D eigenvalue weighted by Crippen LogP contribution is -2.15. The van der Waals surface area contributed by atoms with Crippen LogP contribution >= 0.6 is 22.9 Å². The lowest BCUT2D eigenvalue weighted by Gasteiger charge is -2.08. The van der Waals surface area contributed by atoms with Crippen LogP contribution < -0.4 is 0 Å². The highest BCUT2D eigenvalue weighted by Crippen LogP contribution is 2.31. The van der Waals surface area contributed by atoms with Crippen molar-refractivity contribution >= 4 is 48.8 Å². The lowest BCUT2D eigenvalue weighted by molar-refractivity contribution is 0.414. The monoisotopic (exact) mass is 408 g/mol. The second kappa shape index (κ2) is 6.38. The van der Waals surface area contributed by atoms with E-state index in [0.717, 1.165) is 23.9 Å². The summed E-state index contributed by atoms with van der Waals surface area (Å²) in [6.07, 6.45) is 4.13. The molecule has 0 N–H and O–H groups in total. The number of hydrogen-bond acceptors (Lipinski definition) is 5. The van der Waals surface area contributed by atoms with Crippen LogP contribution in [0, 0.1) is 0 Å². The van der Waals surface area contributed by atoms with Gasteiger partial charge in [0.2, 0.25) is 5.03 Å². The highest BCUT2D eigenvalue weighted by Gasteiger charge is 2.28. The number of rotatable bonds is 5. The van der Waals surface area contributed by atoms with Crippen molar-refractivity contribution in [3.05, 3.63) is 52.8 Å². The first-order chi connectivity index (χ1) is 12.4. The number of imidazole rings is 1. The normalized spacial score (nSPS) is 12.6. The molecule has 0 saturated heterocycles. The maximum atomic E-state index is 13.4. The molecule has 0 fully saturated rings. The molecule has 3 heterocycles. The number of fused-ring (bicyclic) bond motifs is 2. The summed E-state index contributed by atoms with van der Waals surface area (Å²) in [7, 11) is 0.102. The molecule has 26 heavy (non-hydrogen) atoms. The highest BCUT2D eigenvalue weighted by atomic mass is 35.5. The maximum Gasteiger partial charge on any atom is 0.287 e. The Hall–Kier alpha value is -1.87. The molecule has 0 unspecified atom stereocenters. The summed E-state index contributed by atoms with van der Waals surface area (Å²) in [5.41, 5.74) is 1.63. The van der Waals surface area contributed by atoms with Gasteiger partial charge in [-0.3, -0.25) is 4.40 Å². The molecule has 0 spiro atoms. The molecule has 1 aromatic carbocycles. The predicted molar refractivity (Wildman–Crippen MR) is 105 cm³/mol. The summed E-state index contributed by atoms with van der Waals surface area (Å²) < 4.78 is 29.7. The van der Waals surface area contributed by atoms with E-state index in [1.54, 1.807) is 17.8 Å². The van der Waals surface area contributed by atoms with Crippen LogP contribution in [0.1, 0.15) is 5.56 Å². The van der Waals surface area contributed by atoms with Crippen LogP contribution in [0.2, 0.25) is 5.15 Å². The zero-order valence-corrected chi connectivity index (χ0v) is 16.6. The minimum Gasteiger partial charge on any atom is -0.309 e. The van der Waals surface area contributed by atoms with Gasteiger partial charge in [0.15, 0.2) is 10.1 Å². The molecular formula is C17H17ClN4O2S2. The number of aromatic nitrogens is 3. The number of para-hydroxylation sites is 1. The molecule has 9 heteroatoms. The summed E-state index contributed by atoms with van der Waals surface area (Å²) in [5.74, 6) is 0. The number of thiazole rings is 1. The van der Waals surface area contributed by atoms with Crippen LogP contribution in [-0.2, 0) is 16.4 Å². The summed E-state index contributed by atoms with van der Waals surface area (Å²) in [4.78, 5) is 6.79. The van der Waals surface area contributed by atoms with Gasteiger partial charge in [-0.15, -0.1) is 11.3 Å². The van der Waals surface area contributed by atoms with Gasteiger partial charge in [0.05, 0.1) is 5.52 Å². The van der Waals surface area contributed by atoms with Gasteiger partial charge in [-0.2, -0.15) is 8.42 Å².